The van der Waals surface area contributed by atoms with Gasteiger partial charge >= 0.3 is 6.18 Å². The summed E-state index contributed by atoms with van der Waals surface area (Å²) in [6, 6.07) is 0. The molecule has 0 atom stereocenters. The quantitative estimate of drug-likeness (QED) is 0.939. The van der Waals surface area contributed by atoms with Gasteiger partial charge in [-0.05, 0) is 0 Å². The molecule has 0 radical (unpaired) electrons. The highest BCUT2D eigenvalue weighted by Gasteiger charge is 2.32. The van der Waals surface area contributed by atoms with E-state index in [1.807, 2.05) is 0 Å². The van der Waals surface area contributed by atoms with Crippen molar-refractivity contribution in [3.05, 3.63) is 16.7 Å². The summed E-state index contributed by atoms with van der Waals surface area (Å²) in [5.74, 6) is 0. The van der Waals surface area contributed by atoms with Gasteiger partial charge in [-0.1, -0.05) is 11.6 Å². The van der Waals surface area contributed by atoms with E-state index in [-0.39, 0.29) is 10.1 Å². The number of halogens is 4. The van der Waals surface area contributed by atoms with Crippen LogP contribution in [-0.2, 0) is 10.0 Å². The van der Waals surface area contributed by atoms with E-state index >= 15 is 0 Å². The monoisotopic (exact) mass is 319 g/mol. The summed E-state index contributed by atoms with van der Waals surface area (Å²) in [6.07, 6.45) is -3.28. The van der Waals surface area contributed by atoms with Crippen molar-refractivity contribution >= 4 is 37.9 Å². The van der Waals surface area contributed by atoms with Crippen LogP contribution in [0.15, 0.2) is 16.6 Å². The van der Waals surface area contributed by atoms with Gasteiger partial charge < -0.3 is 0 Å². The van der Waals surface area contributed by atoms with Crippen LogP contribution >= 0.6 is 22.9 Å². The van der Waals surface area contributed by atoms with Gasteiger partial charge in [0.25, 0.3) is 10.0 Å². The number of nitrogens with zero attached hydrogens (tertiary/aromatic N) is 2. The van der Waals surface area contributed by atoms with Crippen LogP contribution in [0.25, 0.3) is 4.96 Å². The minimum absolute atomic E-state index is 0.285. The summed E-state index contributed by atoms with van der Waals surface area (Å²) in [5.41, 5.74) is 0. The van der Waals surface area contributed by atoms with Crippen LogP contribution < -0.4 is 4.72 Å². The van der Waals surface area contributed by atoms with Crippen molar-refractivity contribution in [1.29, 1.82) is 0 Å². The normalized spacial score (nSPS) is 13.3. The number of sulfonamides is 1. The maximum Gasteiger partial charge on any atom is 0.402 e. The first-order chi connectivity index (χ1) is 8.21. The number of aromatic nitrogens is 2. The molecular formula is C7H5ClF3N3O2S2. The van der Waals surface area contributed by atoms with E-state index in [0.29, 0.717) is 0 Å². The third-order valence-corrected chi connectivity index (χ3v) is 4.45. The lowest BCUT2D eigenvalue weighted by atomic mass is 10.7. The standard InChI is InChI=1S/C7H5ClF3N3O2S2/c8-4-5(14-1-2-17-6(14)13-4)18(15,16)12-3-7(9,10)11/h1-2,12H,3H2. The number of alkyl halides is 3. The molecule has 1 N–H and O–H groups in total. The van der Waals surface area contributed by atoms with E-state index in [9.17, 15) is 21.6 Å². The van der Waals surface area contributed by atoms with Crippen molar-refractivity contribution in [2.45, 2.75) is 11.2 Å². The van der Waals surface area contributed by atoms with E-state index in [0.717, 1.165) is 15.7 Å². The maximum absolute atomic E-state index is 12.0. The molecule has 0 aliphatic carbocycles. The lowest BCUT2D eigenvalue weighted by Crippen LogP contribution is -2.34. The molecule has 0 bridgehead atoms. The minimum Gasteiger partial charge on any atom is -0.279 e. The van der Waals surface area contributed by atoms with Crippen LogP contribution in [0.5, 0.6) is 0 Å². The van der Waals surface area contributed by atoms with Crippen molar-refractivity contribution in [3.8, 4) is 0 Å². The summed E-state index contributed by atoms with van der Waals surface area (Å²) >= 11 is 6.73. The molecule has 5 nitrogen and oxygen atoms in total. The maximum atomic E-state index is 12.0. The van der Waals surface area contributed by atoms with E-state index in [1.54, 1.807) is 5.38 Å². The van der Waals surface area contributed by atoms with Gasteiger partial charge in [0, 0.05) is 11.6 Å². The highest BCUT2D eigenvalue weighted by molar-refractivity contribution is 7.89. The van der Waals surface area contributed by atoms with Gasteiger partial charge in [0.15, 0.2) is 15.1 Å². The second-order valence-corrected chi connectivity index (χ2v) is 6.12. The summed E-state index contributed by atoms with van der Waals surface area (Å²) in [5, 5.41) is 0.683. The fraction of sp³-hybridized carbons (Fsp3) is 0.286. The molecule has 11 heteroatoms. The Balaban J connectivity index is 2.40. The van der Waals surface area contributed by atoms with E-state index in [4.69, 9.17) is 11.6 Å². The Morgan fingerprint density at radius 1 is 1.50 bits per heavy atom. The van der Waals surface area contributed by atoms with Gasteiger partial charge in [-0.15, -0.1) is 11.3 Å². The first kappa shape index (κ1) is 13.6. The Bertz CT molecular complexity index is 676. The lowest BCUT2D eigenvalue weighted by molar-refractivity contribution is -0.121. The summed E-state index contributed by atoms with van der Waals surface area (Å²) in [4.78, 5) is 4.01. The molecule has 100 valence electrons. The van der Waals surface area contributed by atoms with Crippen molar-refractivity contribution in [2.24, 2.45) is 0 Å². The van der Waals surface area contributed by atoms with E-state index in [1.165, 1.54) is 10.9 Å². The molecule has 0 amide bonds. The molecule has 2 aromatic heterocycles. The summed E-state index contributed by atoms with van der Waals surface area (Å²) in [7, 11) is -4.37. The van der Waals surface area contributed by atoms with Crippen LogP contribution in [0.4, 0.5) is 13.2 Å². The Labute approximate surface area is 108 Å². The number of hydrogen-bond donors (Lipinski definition) is 1. The fourth-order valence-electron chi connectivity index (χ4n) is 1.22. The van der Waals surface area contributed by atoms with Gasteiger partial charge in [-0.2, -0.15) is 13.2 Å². The molecule has 0 aliphatic heterocycles. The molecule has 0 aliphatic rings. The third kappa shape index (κ3) is 2.60. The zero-order chi connectivity index (χ0) is 13.6. The molecule has 0 spiro atoms. The van der Waals surface area contributed by atoms with Crippen LogP contribution in [0, 0.1) is 0 Å². The Morgan fingerprint density at radius 2 is 2.17 bits per heavy atom. The van der Waals surface area contributed by atoms with Crippen LogP contribution in [0.2, 0.25) is 5.15 Å². The van der Waals surface area contributed by atoms with Gasteiger partial charge in [0.05, 0.1) is 0 Å². The molecule has 18 heavy (non-hydrogen) atoms. The minimum atomic E-state index is -4.64. The molecule has 2 aromatic rings. The first-order valence-corrected chi connectivity index (χ1v) is 7.12. The van der Waals surface area contributed by atoms with Crippen molar-refractivity contribution in [1.82, 2.24) is 14.1 Å². The number of rotatable bonds is 3. The molecule has 0 saturated heterocycles. The zero-order valence-corrected chi connectivity index (χ0v) is 10.8. The van der Waals surface area contributed by atoms with Gasteiger partial charge in [0.1, 0.15) is 6.54 Å². The van der Waals surface area contributed by atoms with Crippen LogP contribution in [0.1, 0.15) is 0 Å². The third-order valence-electron chi connectivity index (χ3n) is 1.90. The highest BCUT2D eigenvalue weighted by atomic mass is 35.5. The number of imidazole rings is 1. The molecule has 2 heterocycles. The average molecular weight is 320 g/mol. The van der Waals surface area contributed by atoms with Crippen LogP contribution in [-0.4, -0.2) is 30.5 Å². The van der Waals surface area contributed by atoms with Gasteiger partial charge in [-0.3, -0.25) is 4.40 Å². The lowest BCUT2D eigenvalue weighted by Gasteiger charge is -2.08. The SMILES string of the molecule is O=S(=O)(NCC(F)(F)F)c1c(Cl)nc2sccn12. The Morgan fingerprint density at radius 3 is 2.78 bits per heavy atom. The molecule has 0 aromatic carbocycles. The zero-order valence-electron chi connectivity index (χ0n) is 8.40. The van der Waals surface area contributed by atoms with Crippen molar-refractivity contribution in [3.63, 3.8) is 0 Å². The molecule has 0 saturated carbocycles. The Kier molecular flexibility index (Phi) is 3.30. The van der Waals surface area contributed by atoms with Crippen LogP contribution in [0.3, 0.4) is 0 Å². The van der Waals surface area contributed by atoms with Gasteiger partial charge in [-0.25, -0.2) is 18.1 Å². The average Bonchev–Trinajstić information content (AvgIpc) is 2.72. The van der Waals surface area contributed by atoms with Gasteiger partial charge in [0.2, 0.25) is 0 Å². The molecule has 0 unspecified atom stereocenters. The predicted octanol–water partition coefficient (Wildman–Crippen LogP) is 1.89. The molecule has 2 rings (SSSR count). The largest absolute Gasteiger partial charge is 0.402 e. The fourth-order valence-corrected chi connectivity index (χ4v) is 3.69. The summed E-state index contributed by atoms with van der Waals surface area (Å²) in [6.45, 7) is -1.66. The second kappa shape index (κ2) is 4.37. The topological polar surface area (TPSA) is 63.5 Å². The molecule has 0 fully saturated rings. The van der Waals surface area contributed by atoms with E-state index in [2.05, 4.69) is 4.98 Å². The number of fused-ring (bicyclic) bond motifs is 1. The smallest absolute Gasteiger partial charge is 0.279 e. The number of hydrogen-bond acceptors (Lipinski definition) is 4. The second-order valence-electron chi connectivity index (χ2n) is 3.20. The summed E-state index contributed by atoms with van der Waals surface area (Å²) < 4.78 is 62.0. The van der Waals surface area contributed by atoms with Crippen molar-refractivity contribution < 1.29 is 21.6 Å². The number of nitrogens with one attached hydrogen (secondary N) is 1. The van der Waals surface area contributed by atoms with Crippen molar-refractivity contribution in [2.75, 3.05) is 6.54 Å². The molecular weight excluding hydrogens is 315 g/mol. The predicted molar refractivity (Wildman–Crippen MR) is 59.3 cm³/mol. The highest BCUT2D eigenvalue weighted by Crippen LogP contribution is 2.25. The number of thiazole rings is 1. The van der Waals surface area contributed by atoms with E-state index < -0.39 is 27.8 Å². The Hall–Kier alpha value is -0.840. The first-order valence-electron chi connectivity index (χ1n) is 4.38.